The van der Waals surface area contributed by atoms with Crippen LogP contribution in [-0.4, -0.2) is 21.7 Å². The van der Waals surface area contributed by atoms with Crippen molar-refractivity contribution in [1.29, 1.82) is 0 Å². The topological polar surface area (TPSA) is 37.3 Å². The maximum Gasteiger partial charge on any atom is 0.319 e. The average molecular weight is 183 g/mol. The van der Waals surface area contributed by atoms with E-state index >= 15 is 0 Å². The summed E-state index contributed by atoms with van der Waals surface area (Å²) >= 11 is 9.41. The van der Waals surface area contributed by atoms with E-state index in [1.807, 2.05) is 0 Å². The summed E-state index contributed by atoms with van der Waals surface area (Å²) in [4.78, 5) is 10.5. The highest BCUT2D eigenvalue weighted by atomic mass is 35.5. The summed E-state index contributed by atoms with van der Waals surface area (Å²) in [6.45, 7) is 1.79. The van der Waals surface area contributed by atoms with Crippen molar-refractivity contribution in [2.75, 3.05) is 5.88 Å². The SMILES string of the molecule is CC[C@](S)(CCCl)C(=O)O. The lowest BCUT2D eigenvalue weighted by Crippen LogP contribution is -2.32. The Labute approximate surface area is 71.0 Å². The second-order valence-corrected chi connectivity index (χ2v) is 3.36. The number of carbonyl (C=O) groups is 1. The number of halogens is 1. The van der Waals surface area contributed by atoms with E-state index in [0.29, 0.717) is 18.7 Å². The molecule has 0 aliphatic heterocycles. The van der Waals surface area contributed by atoms with E-state index < -0.39 is 10.7 Å². The lowest BCUT2D eigenvalue weighted by atomic mass is 10.0. The van der Waals surface area contributed by atoms with E-state index in [1.54, 1.807) is 6.92 Å². The summed E-state index contributed by atoms with van der Waals surface area (Å²) in [5.41, 5.74) is 0. The van der Waals surface area contributed by atoms with Crippen LogP contribution in [0.1, 0.15) is 19.8 Å². The average Bonchev–Trinajstić information content (AvgIpc) is 1.88. The molecule has 0 aliphatic rings. The second-order valence-electron chi connectivity index (χ2n) is 2.13. The van der Waals surface area contributed by atoms with Crippen molar-refractivity contribution < 1.29 is 9.90 Å². The van der Waals surface area contributed by atoms with Crippen molar-refractivity contribution in [3.8, 4) is 0 Å². The highest BCUT2D eigenvalue weighted by molar-refractivity contribution is 7.82. The maximum atomic E-state index is 10.5. The number of rotatable bonds is 4. The summed E-state index contributed by atoms with van der Waals surface area (Å²) in [6, 6.07) is 0. The van der Waals surface area contributed by atoms with Gasteiger partial charge in [-0.25, -0.2) is 0 Å². The Balaban J connectivity index is 4.08. The Morgan fingerprint density at radius 1 is 1.80 bits per heavy atom. The van der Waals surface area contributed by atoms with Gasteiger partial charge in [0.15, 0.2) is 0 Å². The van der Waals surface area contributed by atoms with Gasteiger partial charge in [-0.1, -0.05) is 6.92 Å². The summed E-state index contributed by atoms with van der Waals surface area (Å²) in [5.74, 6) is -0.553. The van der Waals surface area contributed by atoms with Gasteiger partial charge in [-0.15, -0.1) is 11.6 Å². The van der Waals surface area contributed by atoms with Gasteiger partial charge in [0.2, 0.25) is 0 Å². The summed E-state index contributed by atoms with van der Waals surface area (Å²) < 4.78 is -0.929. The number of hydrogen-bond donors (Lipinski definition) is 2. The molecule has 1 N–H and O–H groups in total. The third kappa shape index (κ3) is 2.39. The predicted molar refractivity (Wildman–Crippen MR) is 45.0 cm³/mol. The van der Waals surface area contributed by atoms with Crippen LogP contribution in [0.3, 0.4) is 0 Å². The molecule has 0 amide bonds. The van der Waals surface area contributed by atoms with Crippen LogP contribution < -0.4 is 0 Å². The number of thiol groups is 1. The quantitative estimate of drug-likeness (QED) is 0.514. The molecule has 60 valence electrons. The van der Waals surface area contributed by atoms with Gasteiger partial charge >= 0.3 is 5.97 Å². The van der Waals surface area contributed by atoms with Gasteiger partial charge in [0.05, 0.1) is 0 Å². The first-order chi connectivity index (χ1) is 4.56. The third-order valence-corrected chi connectivity index (χ3v) is 2.41. The minimum atomic E-state index is -0.929. The van der Waals surface area contributed by atoms with Crippen LogP contribution >= 0.6 is 24.2 Å². The summed E-state index contributed by atoms with van der Waals surface area (Å²) in [7, 11) is 0. The molecule has 0 aromatic carbocycles. The fraction of sp³-hybridized carbons (Fsp3) is 0.833. The molecule has 0 saturated heterocycles. The second kappa shape index (κ2) is 4.09. The van der Waals surface area contributed by atoms with E-state index in [2.05, 4.69) is 12.6 Å². The number of carboxylic acid groups (broad SMARTS) is 1. The molecule has 0 bridgehead atoms. The van der Waals surface area contributed by atoms with Crippen molar-refractivity contribution in [3.05, 3.63) is 0 Å². The maximum absolute atomic E-state index is 10.5. The number of hydrogen-bond acceptors (Lipinski definition) is 2. The Morgan fingerprint density at radius 2 is 2.30 bits per heavy atom. The minimum Gasteiger partial charge on any atom is -0.480 e. The highest BCUT2D eigenvalue weighted by Crippen LogP contribution is 2.23. The number of alkyl halides is 1. The molecule has 0 aliphatic carbocycles. The van der Waals surface area contributed by atoms with Gasteiger partial charge in [0.1, 0.15) is 4.75 Å². The van der Waals surface area contributed by atoms with Crippen molar-refractivity contribution in [3.63, 3.8) is 0 Å². The van der Waals surface area contributed by atoms with Gasteiger partial charge in [-0.05, 0) is 12.8 Å². The van der Waals surface area contributed by atoms with Gasteiger partial charge in [-0.3, -0.25) is 4.79 Å². The van der Waals surface area contributed by atoms with Crippen molar-refractivity contribution in [2.45, 2.75) is 24.5 Å². The first-order valence-electron chi connectivity index (χ1n) is 3.08. The van der Waals surface area contributed by atoms with Crippen LogP contribution in [0.15, 0.2) is 0 Å². The van der Waals surface area contributed by atoms with Gasteiger partial charge in [0.25, 0.3) is 0 Å². The third-order valence-electron chi connectivity index (χ3n) is 1.49. The monoisotopic (exact) mass is 182 g/mol. The fourth-order valence-electron chi connectivity index (χ4n) is 0.591. The van der Waals surface area contributed by atoms with Crippen LogP contribution in [0.2, 0.25) is 0 Å². The molecule has 1 atom stereocenters. The summed E-state index contributed by atoms with van der Waals surface area (Å²) in [5, 5.41) is 8.63. The van der Waals surface area contributed by atoms with Crippen molar-refractivity contribution in [1.82, 2.24) is 0 Å². The molecule has 0 heterocycles. The molecular formula is C6H11ClO2S. The van der Waals surface area contributed by atoms with Crippen molar-refractivity contribution in [2.24, 2.45) is 0 Å². The van der Waals surface area contributed by atoms with Crippen LogP contribution in [0.25, 0.3) is 0 Å². The molecule has 0 spiro atoms. The van der Waals surface area contributed by atoms with E-state index in [-0.39, 0.29) is 0 Å². The van der Waals surface area contributed by atoms with Crippen LogP contribution in [0.5, 0.6) is 0 Å². The van der Waals surface area contributed by atoms with E-state index in [4.69, 9.17) is 16.7 Å². The summed E-state index contributed by atoms with van der Waals surface area (Å²) in [6.07, 6.45) is 0.904. The molecule has 0 radical (unpaired) electrons. The molecule has 0 unspecified atom stereocenters. The predicted octanol–water partition coefficient (Wildman–Crippen LogP) is 1.78. The molecule has 2 nitrogen and oxygen atoms in total. The van der Waals surface area contributed by atoms with Gasteiger partial charge < -0.3 is 5.11 Å². The Kier molecular flexibility index (Phi) is 4.13. The van der Waals surface area contributed by atoms with Gasteiger partial charge in [0, 0.05) is 5.88 Å². The number of carboxylic acids is 1. The van der Waals surface area contributed by atoms with E-state index in [9.17, 15) is 4.79 Å². The molecule has 0 rings (SSSR count). The smallest absolute Gasteiger partial charge is 0.319 e. The Bertz CT molecular complexity index is 129. The van der Waals surface area contributed by atoms with Crippen LogP contribution in [0, 0.1) is 0 Å². The Morgan fingerprint density at radius 3 is 2.40 bits per heavy atom. The van der Waals surface area contributed by atoms with E-state index in [1.165, 1.54) is 0 Å². The molecule has 10 heavy (non-hydrogen) atoms. The standard InChI is InChI=1S/C6H11ClO2S/c1-2-6(10,3-4-7)5(8)9/h10H,2-4H2,1H3,(H,8,9)/t6-/m0/s1. The van der Waals surface area contributed by atoms with Gasteiger partial charge in [-0.2, -0.15) is 12.6 Å². The lowest BCUT2D eigenvalue weighted by molar-refractivity contribution is -0.140. The highest BCUT2D eigenvalue weighted by Gasteiger charge is 2.31. The Hall–Kier alpha value is 0.110. The van der Waals surface area contributed by atoms with Crippen LogP contribution in [-0.2, 0) is 4.79 Å². The van der Waals surface area contributed by atoms with Crippen LogP contribution in [0.4, 0.5) is 0 Å². The first-order valence-corrected chi connectivity index (χ1v) is 4.06. The number of aliphatic carboxylic acids is 1. The molecule has 0 fully saturated rings. The first kappa shape index (κ1) is 10.1. The van der Waals surface area contributed by atoms with E-state index in [0.717, 1.165) is 0 Å². The molecule has 0 aromatic heterocycles. The van der Waals surface area contributed by atoms with Crippen molar-refractivity contribution >= 4 is 30.2 Å². The molecule has 0 saturated carbocycles. The largest absolute Gasteiger partial charge is 0.480 e. The zero-order chi connectivity index (χ0) is 8.20. The zero-order valence-corrected chi connectivity index (χ0v) is 7.45. The normalized spacial score (nSPS) is 16.3. The minimum absolute atomic E-state index is 0.337. The zero-order valence-electron chi connectivity index (χ0n) is 5.80. The molecule has 0 aromatic rings. The molecular weight excluding hydrogens is 172 g/mol. The fourth-order valence-corrected chi connectivity index (χ4v) is 1.16. The lowest BCUT2D eigenvalue weighted by Gasteiger charge is -2.19. The molecule has 4 heteroatoms.